The lowest BCUT2D eigenvalue weighted by molar-refractivity contribution is -0.178. The number of alkyl halides is 1. The van der Waals surface area contributed by atoms with Crippen molar-refractivity contribution < 1.29 is 14.2 Å². The second kappa shape index (κ2) is 6.20. The van der Waals surface area contributed by atoms with Gasteiger partial charge in [0.2, 0.25) is 0 Å². The Kier molecular flexibility index (Phi) is 5.51. The van der Waals surface area contributed by atoms with Crippen LogP contribution in [0.4, 0.5) is 0 Å². The number of methoxy groups -OCH3 is 1. The monoisotopic (exact) mass is 250 g/mol. The Balaban J connectivity index is 2.32. The van der Waals surface area contributed by atoms with E-state index in [4.69, 9.17) is 25.8 Å². The third kappa shape index (κ3) is 3.88. The molecule has 1 aliphatic carbocycles. The highest BCUT2D eigenvalue weighted by Gasteiger charge is 2.43. The van der Waals surface area contributed by atoms with E-state index in [0.717, 1.165) is 12.8 Å². The molecule has 0 aromatic rings. The third-order valence-corrected chi connectivity index (χ3v) is 3.53. The highest BCUT2D eigenvalue weighted by Crippen LogP contribution is 2.35. The summed E-state index contributed by atoms with van der Waals surface area (Å²) in [5, 5.41) is 0.0783. The van der Waals surface area contributed by atoms with Crippen LogP contribution < -0.4 is 0 Å². The largest absolute Gasteiger partial charge is 0.382 e. The number of rotatable bonds is 7. The summed E-state index contributed by atoms with van der Waals surface area (Å²) < 4.78 is 16.6. The summed E-state index contributed by atoms with van der Waals surface area (Å²) in [6.07, 6.45) is 2.01. The molecule has 0 amide bonds. The first kappa shape index (κ1) is 14.2. The van der Waals surface area contributed by atoms with Gasteiger partial charge in [0.05, 0.1) is 30.3 Å². The average Bonchev–Trinajstić information content (AvgIpc) is 2.23. The van der Waals surface area contributed by atoms with Gasteiger partial charge in [-0.3, -0.25) is 0 Å². The van der Waals surface area contributed by atoms with E-state index in [1.54, 1.807) is 7.11 Å². The Morgan fingerprint density at radius 1 is 1.31 bits per heavy atom. The molecule has 0 aromatic carbocycles. The molecule has 0 bridgehead atoms. The van der Waals surface area contributed by atoms with Gasteiger partial charge < -0.3 is 14.2 Å². The minimum atomic E-state index is -0.0927. The van der Waals surface area contributed by atoms with Crippen molar-refractivity contribution in [2.24, 2.45) is 0 Å². The lowest BCUT2D eigenvalue weighted by Gasteiger charge is -2.44. The smallest absolute Gasteiger partial charge is 0.100 e. The normalized spacial score (nSPS) is 30.2. The van der Waals surface area contributed by atoms with Crippen LogP contribution in [0.5, 0.6) is 0 Å². The van der Waals surface area contributed by atoms with Crippen molar-refractivity contribution >= 4 is 11.6 Å². The van der Waals surface area contributed by atoms with Gasteiger partial charge in [-0.05, 0) is 26.7 Å². The zero-order chi connectivity index (χ0) is 12.2. The van der Waals surface area contributed by atoms with E-state index in [-0.39, 0.29) is 23.2 Å². The Hall–Kier alpha value is 0.170. The maximum atomic E-state index is 6.11. The van der Waals surface area contributed by atoms with Crippen molar-refractivity contribution in [1.82, 2.24) is 0 Å². The first-order valence-electron chi connectivity index (χ1n) is 5.92. The van der Waals surface area contributed by atoms with E-state index in [2.05, 4.69) is 20.8 Å². The first-order chi connectivity index (χ1) is 7.50. The van der Waals surface area contributed by atoms with Crippen LogP contribution in [0.15, 0.2) is 0 Å². The predicted octanol–water partition coefficient (Wildman–Crippen LogP) is 2.60. The van der Waals surface area contributed by atoms with Gasteiger partial charge in [0.25, 0.3) is 0 Å². The van der Waals surface area contributed by atoms with Crippen LogP contribution in [0.1, 0.15) is 33.6 Å². The van der Waals surface area contributed by atoms with Crippen LogP contribution in [0.25, 0.3) is 0 Å². The van der Waals surface area contributed by atoms with Crippen LogP contribution in [0.3, 0.4) is 0 Å². The molecule has 0 saturated heterocycles. The van der Waals surface area contributed by atoms with Crippen molar-refractivity contribution in [1.29, 1.82) is 0 Å². The second-order valence-electron chi connectivity index (χ2n) is 4.85. The molecule has 4 heteroatoms. The summed E-state index contributed by atoms with van der Waals surface area (Å²) in [4.78, 5) is 0. The zero-order valence-electron chi connectivity index (χ0n) is 10.7. The summed E-state index contributed by atoms with van der Waals surface area (Å²) >= 11 is 6.11. The number of halogens is 1. The summed E-state index contributed by atoms with van der Waals surface area (Å²) in [5.41, 5.74) is -0.0927. The van der Waals surface area contributed by atoms with E-state index in [1.165, 1.54) is 0 Å². The third-order valence-electron chi connectivity index (χ3n) is 3.10. The minimum absolute atomic E-state index is 0.0163. The van der Waals surface area contributed by atoms with Gasteiger partial charge >= 0.3 is 0 Å². The van der Waals surface area contributed by atoms with E-state index >= 15 is 0 Å². The quantitative estimate of drug-likeness (QED) is 0.514. The lowest BCUT2D eigenvalue weighted by Crippen LogP contribution is -2.54. The maximum Gasteiger partial charge on any atom is 0.100 e. The van der Waals surface area contributed by atoms with Gasteiger partial charge in [0, 0.05) is 7.11 Å². The van der Waals surface area contributed by atoms with Crippen molar-refractivity contribution in [3.63, 3.8) is 0 Å². The standard InChI is InChI=1S/C12H23ClO3/c1-5-12(2,3)16-10-8-9(13)11(10)15-7-6-14-4/h9-11H,5-8H2,1-4H3. The van der Waals surface area contributed by atoms with Crippen LogP contribution in [0.2, 0.25) is 0 Å². The minimum Gasteiger partial charge on any atom is -0.382 e. The number of ether oxygens (including phenoxy) is 3. The van der Waals surface area contributed by atoms with Gasteiger partial charge in [0.1, 0.15) is 6.10 Å². The SMILES string of the molecule is CCC(C)(C)OC1CC(Cl)C1OCCOC. The summed E-state index contributed by atoms with van der Waals surface area (Å²) in [5.74, 6) is 0. The van der Waals surface area contributed by atoms with Gasteiger partial charge in [-0.15, -0.1) is 11.6 Å². The van der Waals surface area contributed by atoms with Crippen molar-refractivity contribution in [2.45, 2.75) is 56.8 Å². The molecule has 0 N–H and O–H groups in total. The molecule has 16 heavy (non-hydrogen) atoms. The van der Waals surface area contributed by atoms with Gasteiger partial charge in [-0.25, -0.2) is 0 Å². The molecule has 3 unspecified atom stereocenters. The van der Waals surface area contributed by atoms with Crippen LogP contribution in [-0.2, 0) is 14.2 Å². The molecule has 96 valence electrons. The molecule has 0 heterocycles. The van der Waals surface area contributed by atoms with Crippen LogP contribution in [0, 0.1) is 0 Å². The zero-order valence-corrected chi connectivity index (χ0v) is 11.4. The summed E-state index contributed by atoms with van der Waals surface area (Å²) in [6, 6.07) is 0. The fraction of sp³-hybridized carbons (Fsp3) is 1.00. The fourth-order valence-corrected chi connectivity index (χ4v) is 2.03. The van der Waals surface area contributed by atoms with E-state index in [1.807, 2.05) is 0 Å². The Labute approximate surface area is 103 Å². The fourth-order valence-electron chi connectivity index (χ4n) is 1.61. The van der Waals surface area contributed by atoms with E-state index in [9.17, 15) is 0 Å². The lowest BCUT2D eigenvalue weighted by atomic mass is 9.89. The molecule has 1 fully saturated rings. The Bertz CT molecular complexity index is 208. The summed E-state index contributed by atoms with van der Waals surface area (Å²) in [7, 11) is 1.66. The van der Waals surface area contributed by atoms with Crippen LogP contribution >= 0.6 is 11.6 Å². The molecule has 0 aliphatic heterocycles. The van der Waals surface area contributed by atoms with Crippen molar-refractivity contribution in [3.8, 4) is 0 Å². The number of hydrogen-bond acceptors (Lipinski definition) is 3. The highest BCUT2D eigenvalue weighted by molar-refractivity contribution is 6.21. The molecular weight excluding hydrogens is 228 g/mol. The van der Waals surface area contributed by atoms with Gasteiger partial charge in [0.15, 0.2) is 0 Å². The molecule has 1 saturated carbocycles. The van der Waals surface area contributed by atoms with Gasteiger partial charge in [-0.1, -0.05) is 6.92 Å². The van der Waals surface area contributed by atoms with Crippen molar-refractivity contribution in [3.05, 3.63) is 0 Å². The number of hydrogen-bond donors (Lipinski definition) is 0. The molecule has 1 aliphatic rings. The van der Waals surface area contributed by atoms with Gasteiger partial charge in [-0.2, -0.15) is 0 Å². The van der Waals surface area contributed by atoms with Crippen LogP contribution in [-0.4, -0.2) is 43.5 Å². The first-order valence-corrected chi connectivity index (χ1v) is 6.36. The molecule has 3 atom stereocenters. The molecule has 0 radical (unpaired) electrons. The Morgan fingerprint density at radius 2 is 2.00 bits per heavy atom. The summed E-state index contributed by atoms with van der Waals surface area (Å²) in [6.45, 7) is 7.50. The Morgan fingerprint density at radius 3 is 2.50 bits per heavy atom. The molecule has 3 nitrogen and oxygen atoms in total. The average molecular weight is 251 g/mol. The second-order valence-corrected chi connectivity index (χ2v) is 5.41. The molecular formula is C12H23ClO3. The van der Waals surface area contributed by atoms with E-state index in [0.29, 0.717) is 13.2 Å². The topological polar surface area (TPSA) is 27.7 Å². The van der Waals surface area contributed by atoms with E-state index < -0.39 is 0 Å². The molecule has 0 aromatic heterocycles. The maximum absolute atomic E-state index is 6.11. The molecule has 1 rings (SSSR count). The van der Waals surface area contributed by atoms with Crippen molar-refractivity contribution in [2.75, 3.05) is 20.3 Å². The highest BCUT2D eigenvalue weighted by atomic mass is 35.5. The molecule has 0 spiro atoms. The predicted molar refractivity (Wildman–Crippen MR) is 65.1 cm³/mol.